The molecule has 0 aliphatic heterocycles. The first-order valence-electron chi connectivity index (χ1n) is 5.21. The zero-order valence-electron chi connectivity index (χ0n) is 9.36. The van der Waals surface area contributed by atoms with Gasteiger partial charge in [-0.1, -0.05) is 6.92 Å². The fraction of sp³-hybridized carbons (Fsp3) is 0.900. The van der Waals surface area contributed by atoms with E-state index in [0.717, 1.165) is 0 Å². The molecule has 0 rings (SSSR count). The Morgan fingerprint density at radius 2 is 2.07 bits per heavy atom. The van der Waals surface area contributed by atoms with Crippen molar-refractivity contribution in [3.05, 3.63) is 0 Å². The van der Waals surface area contributed by atoms with Gasteiger partial charge in [-0.2, -0.15) is 0 Å². The normalized spacial score (nSPS) is 13.0. The quantitative estimate of drug-likeness (QED) is 0.653. The smallest absolute Gasteiger partial charge is 0.239 e. The van der Waals surface area contributed by atoms with E-state index in [-0.39, 0.29) is 18.6 Å². The van der Waals surface area contributed by atoms with Gasteiger partial charge in [-0.3, -0.25) is 4.79 Å². The highest BCUT2D eigenvalue weighted by atomic mass is 16.3. The molecular formula is C10H22N2O2. The van der Waals surface area contributed by atoms with Gasteiger partial charge >= 0.3 is 0 Å². The zero-order valence-corrected chi connectivity index (χ0v) is 9.36. The first kappa shape index (κ1) is 13.4. The van der Waals surface area contributed by atoms with Crippen molar-refractivity contribution in [3.63, 3.8) is 0 Å². The molecule has 0 bridgehead atoms. The third-order valence-electron chi connectivity index (χ3n) is 2.22. The third kappa shape index (κ3) is 4.07. The Bertz CT molecular complexity index is 172. The predicted molar refractivity (Wildman–Crippen MR) is 56.8 cm³/mol. The number of nitrogens with zero attached hydrogens (tertiary/aromatic N) is 1. The maximum atomic E-state index is 11.7. The largest absolute Gasteiger partial charge is 0.396 e. The highest BCUT2D eigenvalue weighted by Crippen LogP contribution is 2.04. The number of carbonyl (C=O) groups excluding carboxylic acids is 1. The van der Waals surface area contributed by atoms with E-state index in [1.807, 2.05) is 20.8 Å². The van der Waals surface area contributed by atoms with Gasteiger partial charge in [0.1, 0.15) is 0 Å². The number of hydrogen-bond acceptors (Lipinski definition) is 3. The topological polar surface area (TPSA) is 66.6 Å². The monoisotopic (exact) mass is 202 g/mol. The summed E-state index contributed by atoms with van der Waals surface area (Å²) in [6.07, 6.45) is 1.27. The number of aliphatic hydroxyl groups is 1. The molecule has 3 N–H and O–H groups in total. The maximum Gasteiger partial charge on any atom is 0.239 e. The molecule has 0 saturated carbocycles. The molecule has 0 unspecified atom stereocenters. The van der Waals surface area contributed by atoms with Gasteiger partial charge in [-0.05, 0) is 26.7 Å². The molecule has 0 aliphatic rings. The van der Waals surface area contributed by atoms with Gasteiger partial charge in [0, 0.05) is 19.2 Å². The maximum absolute atomic E-state index is 11.7. The molecule has 4 nitrogen and oxygen atoms in total. The molecule has 0 aromatic heterocycles. The van der Waals surface area contributed by atoms with Crippen LogP contribution >= 0.6 is 0 Å². The fourth-order valence-corrected chi connectivity index (χ4v) is 1.25. The summed E-state index contributed by atoms with van der Waals surface area (Å²) in [6, 6.07) is -0.261. The van der Waals surface area contributed by atoms with E-state index in [1.165, 1.54) is 0 Å². The first-order valence-corrected chi connectivity index (χ1v) is 5.21. The summed E-state index contributed by atoms with van der Waals surface area (Å²) in [7, 11) is 0. The molecule has 0 spiro atoms. The standard InChI is InChI=1S/C10H22N2O2/c1-4-9(11)10(14)12(8(2)3)6-5-7-13/h8-9,13H,4-7,11H2,1-3H3/t9-/m1/s1. The minimum Gasteiger partial charge on any atom is -0.396 e. The van der Waals surface area contributed by atoms with Crippen LogP contribution in [-0.4, -0.2) is 41.1 Å². The van der Waals surface area contributed by atoms with Crippen molar-refractivity contribution in [2.45, 2.75) is 45.7 Å². The van der Waals surface area contributed by atoms with Gasteiger partial charge in [-0.25, -0.2) is 0 Å². The summed E-state index contributed by atoms with van der Waals surface area (Å²) >= 11 is 0. The van der Waals surface area contributed by atoms with Crippen molar-refractivity contribution in [3.8, 4) is 0 Å². The number of hydrogen-bond donors (Lipinski definition) is 2. The summed E-state index contributed by atoms with van der Waals surface area (Å²) in [4.78, 5) is 13.5. The Kier molecular flexibility index (Phi) is 6.49. The fourth-order valence-electron chi connectivity index (χ4n) is 1.25. The highest BCUT2D eigenvalue weighted by Gasteiger charge is 2.21. The van der Waals surface area contributed by atoms with Crippen molar-refractivity contribution in [2.24, 2.45) is 5.73 Å². The van der Waals surface area contributed by atoms with Gasteiger partial charge in [0.05, 0.1) is 6.04 Å². The summed E-state index contributed by atoms with van der Waals surface area (Å²) in [5.41, 5.74) is 5.67. The average molecular weight is 202 g/mol. The molecule has 0 saturated heterocycles. The third-order valence-corrected chi connectivity index (χ3v) is 2.22. The lowest BCUT2D eigenvalue weighted by Crippen LogP contribution is -2.47. The van der Waals surface area contributed by atoms with E-state index in [0.29, 0.717) is 19.4 Å². The van der Waals surface area contributed by atoms with Crippen LogP contribution < -0.4 is 5.73 Å². The minimum atomic E-state index is -0.406. The average Bonchev–Trinajstić information content (AvgIpc) is 2.16. The Labute approximate surface area is 86.1 Å². The molecule has 0 heterocycles. The van der Waals surface area contributed by atoms with E-state index in [1.54, 1.807) is 4.90 Å². The first-order chi connectivity index (χ1) is 6.54. The second-order valence-corrected chi connectivity index (χ2v) is 3.72. The van der Waals surface area contributed by atoms with Crippen LogP contribution in [0.2, 0.25) is 0 Å². The minimum absolute atomic E-state index is 0.0176. The van der Waals surface area contributed by atoms with Crippen molar-refractivity contribution in [1.82, 2.24) is 4.90 Å². The van der Waals surface area contributed by atoms with Crippen molar-refractivity contribution >= 4 is 5.91 Å². The van der Waals surface area contributed by atoms with E-state index < -0.39 is 6.04 Å². The van der Waals surface area contributed by atoms with E-state index in [2.05, 4.69) is 0 Å². The van der Waals surface area contributed by atoms with E-state index in [9.17, 15) is 4.79 Å². The van der Waals surface area contributed by atoms with E-state index >= 15 is 0 Å². The molecule has 0 aromatic carbocycles. The molecule has 1 amide bonds. The SMILES string of the molecule is CC[C@@H](N)C(=O)N(CCCO)C(C)C. The summed E-state index contributed by atoms with van der Waals surface area (Å²) < 4.78 is 0. The lowest BCUT2D eigenvalue weighted by molar-refractivity contribution is -0.134. The molecule has 1 atom stereocenters. The van der Waals surface area contributed by atoms with Gasteiger partial charge in [-0.15, -0.1) is 0 Å². The van der Waals surface area contributed by atoms with Crippen LogP contribution in [0.15, 0.2) is 0 Å². The van der Waals surface area contributed by atoms with Gasteiger partial charge in [0.25, 0.3) is 0 Å². The molecular weight excluding hydrogens is 180 g/mol. The van der Waals surface area contributed by atoms with Gasteiger partial charge in [0.15, 0.2) is 0 Å². The Morgan fingerprint density at radius 1 is 1.50 bits per heavy atom. The zero-order chi connectivity index (χ0) is 11.1. The van der Waals surface area contributed by atoms with E-state index in [4.69, 9.17) is 10.8 Å². The summed E-state index contributed by atoms with van der Waals surface area (Å²) in [5.74, 6) is -0.0176. The highest BCUT2D eigenvalue weighted by molar-refractivity contribution is 5.81. The lowest BCUT2D eigenvalue weighted by Gasteiger charge is -2.28. The molecule has 84 valence electrons. The van der Waals surface area contributed by atoms with Crippen molar-refractivity contribution in [1.29, 1.82) is 0 Å². The number of carbonyl (C=O) groups is 1. The van der Waals surface area contributed by atoms with Gasteiger partial charge < -0.3 is 15.7 Å². The molecule has 0 aliphatic carbocycles. The number of amides is 1. The summed E-state index contributed by atoms with van der Waals surface area (Å²) in [6.45, 7) is 6.50. The van der Waals surface area contributed by atoms with Gasteiger partial charge in [0.2, 0.25) is 5.91 Å². The van der Waals surface area contributed by atoms with Crippen LogP contribution in [0, 0.1) is 0 Å². The lowest BCUT2D eigenvalue weighted by atomic mass is 10.1. The van der Waals surface area contributed by atoms with Crippen LogP contribution in [0.5, 0.6) is 0 Å². The summed E-state index contributed by atoms with van der Waals surface area (Å²) in [5, 5.41) is 8.71. The number of nitrogens with two attached hydrogens (primary N) is 1. The van der Waals surface area contributed by atoms with Crippen LogP contribution in [0.4, 0.5) is 0 Å². The van der Waals surface area contributed by atoms with Crippen LogP contribution in [0.1, 0.15) is 33.6 Å². The Balaban J connectivity index is 4.25. The van der Waals surface area contributed by atoms with Crippen molar-refractivity contribution < 1.29 is 9.90 Å². The number of aliphatic hydroxyl groups excluding tert-OH is 1. The van der Waals surface area contributed by atoms with Crippen LogP contribution in [0.3, 0.4) is 0 Å². The molecule has 4 heteroatoms. The molecule has 0 aromatic rings. The second kappa shape index (κ2) is 6.79. The predicted octanol–water partition coefficient (Wildman–Crippen LogP) is 0.343. The molecule has 14 heavy (non-hydrogen) atoms. The van der Waals surface area contributed by atoms with Crippen LogP contribution in [-0.2, 0) is 4.79 Å². The van der Waals surface area contributed by atoms with Crippen molar-refractivity contribution in [2.75, 3.05) is 13.2 Å². The number of rotatable bonds is 6. The molecule has 0 fully saturated rings. The second-order valence-electron chi connectivity index (χ2n) is 3.72. The Morgan fingerprint density at radius 3 is 2.43 bits per heavy atom. The van der Waals surface area contributed by atoms with Crippen LogP contribution in [0.25, 0.3) is 0 Å². The molecule has 0 radical (unpaired) electrons. The Hall–Kier alpha value is -0.610.